The van der Waals surface area contributed by atoms with Gasteiger partial charge in [0.15, 0.2) is 0 Å². The molecular formula is C18H20. The van der Waals surface area contributed by atoms with Gasteiger partial charge < -0.3 is 0 Å². The minimum absolute atomic E-state index is 0.477. The minimum atomic E-state index is 0.477. The van der Waals surface area contributed by atoms with E-state index in [2.05, 4.69) is 69.0 Å². The van der Waals surface area contributed by atoms with Crippen molar-refractivity contribution in [2.45, 2.75) is 26.2 Å². The Labute approximate surface area is 110 Å². The quantitative estimate of drug-likeness (QED) is 0.686. The van der Waals surface area contributed by atoms with Crippen molar-refractivity contribution >= 4 is 6.08 Å². The lowest BCUT2D eigenvalue weighted by atomic mass is 9.88. The van der Waals surface area contributed by atoms with Gasteiger partial charge in [-0.1, -0.05) is 73.7 Å². The van der Waals surface area contributed by atoms with Crippen molar-refractivity contribution in [3.05, 3.63) is 77.4 Å². The molecule has 0 bridgehead atoms. The molecule has 92 valence electrons. The Hall–Kier alpha value is -1.82. The maximum absolute atomic E-state index is 3.84. The van der Waals surface area contributed by atoms with Gasteiger partial charge in [0.25, 0.3) is 0 Å². The third-order valence-electron chi connectivity index (χ3n) is 3.40. The van der Waals surface area contributed by atoms with E-state index in [4.69, 9.17) is 0 Å². The number of hydrogen-bond donors (Lipinski definition) is 0. The normalized spacial score (nSPS) is 12.1. The first-order valence-corrected chi connectivity index (χ1v) is 6.53. The van der Waals surface area contributed by atoms with Gasteiger partial charge in [0, 0.05) is 5.92 Å². The van der Waals surface area contributed by atoms with E-state index in [1.54, 1.807) is 0 Å². The van der Waals surface area contributed by atoms with Crippen molar-refractivity contribution in [2.75, 3.05) is 0 Å². The Kier molecular flexibility index (Phi) is 3.99. The molecule has 0 heteroatoms. The average molecular weight is 236 g/mol. The van der Waals surface area contributed by atoms with E-state index < -0.39 is 0 Å². The minimum Gasteiger partial charge on any atom is -0.0985 e. The summed E-state index contributed by atoms with van der Waals surface area (Å²) in [6.45, 7) is 8.24. The Bertz CT molecular complexity index is 537. The smallest absolute Gasteiger partial charge is 0.00870 e. The predicted molar refractivity (Wildman–Crippen MR) is 79.8 cm³/mol. The van der Waals surface area contributed by atoms with E-state index in [1.165, 1.54) is 22.3 Å². The molecule has 2 aromatic carbocycles. The monoisotopic (exact) mass is 236 g/mol. The zero-order valence-electron chi connectivity index (χ0n) is 11.2. The highest BCUT2D eigenvalue weighted by atomic mass is 14.2. The summed E-state index contributed by atoms with van der Waals surface area (Å²) >= 11 is 0. The summed E-state index contributed by atoms with van der Waals surface area (Å²) in [4.78, 5) is 0. The molecule has 0 aliphatic rings. The van der Waals surface area contributed by atoms with Gasteiger partial charge in [0.2, 0.25) is 0 Å². The molecular weight excluding hydrogens is 216 g/mol. The summed E-state index contributed by atoms with van der Waals surface area (Å²) in [6.07, 6.45) is 3.02. The van der Waals surface area contributed by atoms with Crippen molar-refractivity contribution < 1.29 is 0 Å². The molecule has 0 amide bonds. The van der Waals surface area contributed by atoms with Crippen LogP contribution in [0.25, 0.3) is 6.08 Å². The molecule has 0 aromatic heterocycles. The first kappa shape index (κ1) is 12.6. The molecule has 18 heavy (non-hydrogen) atoms. The van der Waals surface area contributed by atoms with Crippen LogP contribution in [-0.2, 0) is 0 Å². The summed E-state index contributed by atoms with van der Waals surface area (Å²) in [6, 6.07) is 17.5. The second kappa shape index (κ2) is 5.68. The van der Waals surface area contributed by atoms with Crippen LogP contribution in [0.1, 0.15) is 41.5 Å². The number of hydrogen-bond acceptors (Lipinski definition) is 0. The van der Waals surface area contributed by atoms with Gasteiger partial charge in [-0.3, -0.25) is 0 Å². The van der Waals surface area contributed by atoms with Crippen molar-refractivity contribution in [1.82, 2.24) is 0 Å². The van der Waals surface area contributed by atoms with Crippen LogP contribution in [0.4, 0.5) is 0 Å². The van der Waals surface area contributed by atoms with Gasteiger partial charge >= 0.3 is 0 Å². The van der Waals surface area contributed by atoms with Crippen LogP contribution in [0, 0.1) is 6.92 Å². The van der Waals surface area contributed by atoms with Crippen LogP contribution in [0.5, 0.6) is 0 Å². The standard InChI is InChI=1S/C18H20/c1-4-15-9-7-11-17(13-15)18(5-2)16-10-6-8-14(3)12-16/h4,6-13,18H,1,5H2,2-3H3. The first-order valence-electron chi connectivity index (χ1n) is 6.53. The molecule has 0 fully saturated rings. The van der Waals surface area contributed by atoms with Crippen molar-refractivity contribution in [1.29, 1.82) is 0 Å². The second-order valence-corrected chi connectivity index (χ2v) is 4.75. The largest absolute Gasteiger partial charge is 0.0985 e. The Balaban J connectivity index is 2.41. The lowest BCUT2D eigenvalue weighted by Crippen LogP contribution is -2.00. The summed E-state index contributed by atoms with van der Waals surface area (Å²) in [5.74, 6) is 0.477. The fraction of sp³-hybridized carbons (Fsp3) is 0.222. The summed E-state index contributed by atoms with van der Waals surface area (Å²) in [7, 11) is 0. The van der Waals surface area contributed by atoms with Gasteiger partial charge in [-0.2, -0.15) is 0 Å². The molecule has 0 heterocycles. The van der Waals surface area contributed by atoms with Crippen molar-refractivity contribution in [2.24, 2.45) is 0 Å². The molecule has 0 aliphatic heterocycles. The van der Waals surface area contributed by atoms with E-state index >= 15 is 0 Å². The molecule has 1 unspecified atom stereocenters. The molecule has 1 atom stereocenters. The van der Waals surface area contributed by atoms with Crippen LogP contribution >= 0.6 is 0 Å². The van der Waals surface area contributed by atoms with E-state index in [0.717, 1.165) is 6.42 Å². The Morgan fingerprint density at radius 2 is 1.72 bits per heavy atom. The molecule has 0 saturated carbocycles. The highest BCUT2D eigenvalue weighted by molar-refractivity contribution is 5.49. The van der Waals surface area contributed by atoms with Crippen LogP contribution in [0.3, 0.4) is 0 Å². The number of benzene rings is 2. The van der Waals surface area contributed by atoms with Gasteiger partial charge in [-0.05, 0) is 30.0 Å². The molecule has 0 saturated heterocycles. The maximum Gasteiger partial charge on any atom is 0.00870 e. The molecule has 2 rings (SSSR count). The van der Waals surface area contributed by atoms with Crippen molar-refractivity contribution in [3.63, 3.8) is 0 Å². The van der Waals surface area contributed by atoms with Crippen LogP contribution in [0.15, 0.2) is 55.1 Å². The van der Waals surface area contributed by atoms with E-state index in [-0.39, 0.29) is 0 Å². The lowest BCUT2D eigenvalue weighted by Gasteiger charge is -2.17. The van der Waals surface area contributed by atoms with Gasteiger partial charge in [-0.25, -0.2) is 0 Å². The predicted octanol–water partition coefficient (Wildman–Crippen LogP) is 5.18. The molecule has 2 aromatic rings. The lowest BCUT2D eigenvalue weighted by molar-refractivity contribution is 0.776. The molecule has 0 spiro atoms. The van der Waals surface area contributed by atoms with E-state index in [9.17, 15) is 0 Å². The number of rotatable bonds is 4. The second-order valence-electron chi connectivity index (χ2n) is 4.75. The molecule has 0 N–H and O–H groups in total. The molecule has 0 radical (unpaired) electrons. The van der Waals surface area contributed by atoms with Gasteiger partial charge in [0.05, 0.1) is 0 Å². The van der Waals surface area contributed by atoms with Crippen molar-refractivity contribution in [3.8, 4) is 0 Å². The summed E-state index contributed by atoms with van der Waals surface area (Å²) in [5, 5.41) is 0. The van der Waals surface area contributed by atoms with Crippen LogP contribution < -0.4 is 0 Å². The fourth-order valence-corrected chi connectivity index (χ4v) is 2.45. The maximum atomic E-state index is 3.84. The highest BCUT2D eigenvalue weighted by Crippen LogP contribution is 2.29. The molecule has 0 aliphatic carbocycles. The zero-order valence-corrected chi connectivity index (χ0v) is 11.2. The topological polar surface area (TPSA) is 0 Å². The fourth-order valence-electron chi connectivity index (χ4n) is 2.45. The van der Waals surface area contributed by atoms with Crippen LogP contribution in [0.2, 0.25) is 0 Å². The van der Waals surface area contributed by atoms with Crippen LogP contribution in [-0.4, -0.2) is 0 Å². The number of aryl methyl sites for hydroxylation is 1. The SMILES string of the molecule is C=Cc1cccc(C(CC)c2cccc(C)c2)c1. The Morgan fingerprint density at radius 1 is 1.06 bits per heavy atom. The summed E-state index contributed by atoms with van der Waals surface area (Å²) < 4.78 is 0. The molecule has 0 nitrogen and oxygen atoms in total. The highest BCUT2D eigenvalue weighted by Gasteiger charge is 2.12. The van der Waals surface area contributed by atoms with Gasteiger partial charge in [-0.15, -0.1) is 0 Å². The zero-order chi connectivity index (χ0) is 13.0. The third kappa shape index (κ3) is 2.70. The summed E-state index contributed by atoms with van der Waals surface area (Å²) in [5.41, 5.74) is 5.30. The Morgan fingerprint density at radius 3 is 2.33 bits per heavy atom. The van der Waals surface area contributed by atoms with E-state index in [0.29, 0.717) is 5.92 Å². The van der Waals surface area contributed by atoms with Gasteiger partial charge in [0.1, 0.15) is 0 Å². The van der Waals surface area contributed by atoms with E-state index in [1.807, 2.05) is 6.08 Å². The first-order chi connectivity index (χ1) is 8.74. The third-order valence-corrected chi connectivity index (χ3v) is 3.40. The average Bonchev–Trinajstić information content (AvgIpc) is 2.40.